The van der Waals surface area contributed by atoms with Crippen LogP contribution >= 0.6 is 11.3 Å². The molecule has 3 aliphatic rings. The molecule has 6 amide bonds. The van der Waals surface area contributed by atoms with Crippen molar-refractivity contribution in [1.82, 2.24) is 25.8 Å². The minimum absolute atomic E-state index is 0.00742. The van der Waals surface area contributed by atoms with E-state index in [1.165, 1.54) is 4.90 Å². The van der Waals surface area contributed by atoms with Crippen molar-refractivity contribution >= 4 is 52.5 Å². The van der Waals surface area contributed by atoms with Crippen LogP contribution in [0.5, 0.6) is 0 Å². The number of aryl methyl sites for hydroxylation is 3. The number of aliphatic hydroxyl groups excluding tert-OH is 1. The predicted octanol–water partition coefficient (Wildman–Crippen LogP) is 5.09. The Kier molecular flexibility index (Phi) is 17.1. The standard InChI is InChI=1S/C54H70N8O8S/c1-31(36-18-20-38(21-19-36)48-32(2)57-30-71-48)58-50(66)43-27-40(63)28-61(43)53(69)49(54(4,5)6)60-46(65)13-8-7-10-34-14-16-35(17-15-34)29-70-33(3)42(24-25-45(56)64)59-51(67)44-26-39-12-9-11-37-22-23-41(55)52(68)62(44)47(37)39/h9,11-12,14-21,30-31,33,40-44,49,63H,7-8,10,13,22-29,55H2,1-6H3,(H2,56,64)(H,58,66)(H,59,67)(H,60,65)/t31-,33+,40+,41-,42-,43-,44-,49+/m0/s1. The number of rotatable bonds is 20. The number of carbonyl (C=O) groups excluding carboxylic acids is 6. The molecule has 16 nitrogen and oxygen atoms in total. The highest BCUT2D eigenvalue weighted by Gasteiger charge is 2.46. The molecule has 3 aromatic carbocycles. The average molecular weight is 991 g/mol. The van der Waals surface area contributed by atoms with Crippen LogP contribution in [-0.2, 0) is 59.4 Å². The van der Waals surface area contributed by atoms with Gasteiger partial charge >= 0.3 is 0 Å². The van der Waals surface area contributed by atoms with Gasteiger partial charge < -0.3 is 42.2 Å². The fourth-order valence-corrected chi connectivity index (χ4v) is 10.7. The first-order valence-corrected chi connectivity index (χ1v) is 25.7. The zero-order chi connectivity index (χ0) is 51.1. The third-order valence-corrected chi connectivity index (χ3v) is 15.0. The third kappa shape index (κ3) is 12.9. The van der Waals surface area contributed by atoms with Crippen molar-refractivity contribution in [3.05, 3.63) is 106 Å². The zero-order valence-electron chi connectivity index (χ0n) is 41.7. The highest BCUT2D eigenvalue weighted by molar-refractivity contribution is 7.13. The molecule has 8 N–H and O–H groups in total. The molecule has 1 aromatic heterocycles. The van der Waals surface area contributed by atoms with E-state index in [9.17, 15) is 33.9 Å². The van der Waals surface area contributed by atoms with E-state index in [1.54, 1.807) is 16.2 Å². The molecule has 0 unspecified atom stereocenters. The number of nitrogens with one attached hydrogen (secondary N) is 3. The van der Waals surface area contributed by atoms with Gasteiger partial charge in [-0.2, -0.15) is 0 Å². The number of ether oxygens (including phenoxy) is 1. The Morgan fingerprint density at radius 3 is 2.27 bits per heavy atom. The summed E-state index contributed by atoms with van der Waals surface area (Å²) in [5, 5.41) is 19.8. The fraction of sp³-hybridized carbons (Fsp3) is 0.500. The molecule has 4 aromatic rings. The lowest BCUT2D eigenvalue weighted by Gasteiger charge is -2.35. The lowest BCUT2D eigenvalue weighted by Crippen LogP contribution is -2.57. The number of nitrogens with zero attached hydrogens (tertiary/aromatic N) is 3. The number of hydrogen-bond donors (Lipinski definition) is 6. The Balaban J connectivity index is 0.867. The molecule has 71 heavy (non-hydrogen) atoms. The Morgan fingerprint density at radius 2 is 1.59 bits per heavy atom. The van der Waals surface area contributed by atoms with E-state index < -0.39 is 59.6 Å². The van der Waals surface area contributed by atoms with Crippen LogP contribution in [0.2, 0.25) is 0 Å². The van der Waals surface area contributed by atoms with Gasteiger partial charge in [-0.25, -0.2) is 4.98 Å². The summed E-state index contributed by atoms with van der Waals surface area (Å²) in [5.74, 6) is -2.14. The second kappa shape index (κ2) is 23.0. The first-order chi connectivity index (χ1) is 33.8. The largest absolute Gasteiger partial charge is 0.391 e. The van der Waals surface area contributed by atoms with Gasteiger partial charge in [-0.1, -0.05) is 87.5 Å². The van der Waals surface area contributed by atoms with E-state index in [4.69, 9.17) is 16.2 Å². The summed E-state index contributed by atoms with van der Waals surface area (Å²) in [7, 11) is 0. The normalized spacial score (nSPS) is 20.4. The van der Waals surface area contributed by atoms with E-state index in [2.05, 4.69) is 20.9 Å². The molecule has 380 valence electrons. The van der Waals surface area contributed by atoms with E-state index in [0.717, 1.165) is 62.5 Å². The quantitative estimate of drug-likeness (QED) is 0.0642. The highest BCUT2D eigenvalue weighted by Crippen LogP contribution is 2.39. The number of β-amino-alcohol motifs (C(OH)–C–C–N with tert-alkyl or cyclic N) is 1. The van der Waals surface area contributed by atoms with Crippen molar-refractivity contribution in [2.75, 3.05) is 11.4 Å². The number of aromatic nitrogens is 1. The molecule has 17 heteroatoms. The Morgan fingerprint density at radius 1 is 0.901 bits per heavy atom. The van der Waals surface area contributed by atoms with Gasteiger partial charge in [0.2, 0.25) is 35.4 Å². The minimum atomic E-state index is -0.916. The number of carbonyl (C=O) groups is 6. The molecular weight excluding hydrogens is 921 g/mol. The van der Waals surface area contributed by atoms with Crippen molar-refractivity contribution < 1.29 is 38.6 Å². The number of amides is 6. The van der Waals surface area contributed by atoms with Gasteiger partial charge in [-0.3, -0.25) is 33.7 Å². The van der Waals surface area contributed by atoms with Crippen molar-refractivity contribution in [3.8, 4) is 10.4 Å². The van der Waals surface area contributed by atoms with Gasteiger partial charge in [0.1, 0.15) is 18.1 Å². The molecule has 1 fully saturated rings. The number of primary amides is 1. The molecule has 3 aliphatic heterocycles. The topological polar surface area (TPSA) is 239 Å². The maximum Gasteiger partial charge on any atom is 0.246 e. The summed E-state index contributed by atoms with van der Waals surface area (Å²) in [6, 6.07) is 17.6. The number of likely N-dealkylation sites (tertiary alicyclic amines) is 1. The molecule has 4 heterocycles. The SMILES string of the molecule is Cc1ncsc1-c1ccc([C@H](C)NC(=O)[C@@H]2C[C@@H](O)CN2C(=O)[C@@H](NC(=O)CCCCc2ccc(CO[C@H](C)[C@H](CCC(N)=O)NC(=O)[C@@H]3Cc4cccc5c4N3C(=O)[C@@H](N)CC5)cc2)C(C)(C)C)cc1. The summed E-state index contributed by atoms with van der Waals surface area (Å²) < 4.78 is 6.26. The number of unbranched alkanes of at least 4 members (excludes halogenated alkanes) is 1. The molecule has 7 rings (SSSR count). The molecule has 0 aliphatic carbocycles. The Bertz CT molecular complexity index is 2560. The van der Waals surface area contributed by atoms with Crippen LogP contribution in [0.25, 0.3) is 10.4 Å². The number of benzene rings is 3. The highest BCUT2D eigenvalue weighted by atomic mass is 32.1. The maximum absolute atomic E-state index is 14.2. The van der Waals surface area contributed by atoms with Crippen LogP contribution < -0.4 is 32.3 Å². The van der Waals surface area contributed by atoms with Crippen LogP contribution in [0.1, 0.15) is 119 Å². The second-order valence-electron chi connectivity index (χ2n) is 20.5. The van der Waals surface area contributed by atoms with Crippen molar-refractivity contribution in [1.29, 1.82) is 0 Å². The lowest BCUT2D eigenvalue weighted by atomic mass is 9.85. The Labute approximate surface area is 420 Å². The molecule has 0 saturated carbocycles. The number of aliphatic hydroxyl groups is 1. The number of thiazole rings is 1. The molecule has 0 bridgehead atoms. The summed E-state index contributed by atoms with van der Waals surface area (Å²) in [6.45, 7) is 11.5. The average Bonchev–Trinajstić information content (AvgIpc) is 4.05. The molecule has 8 atom stereocenters. The van der Waals surface area contributed by atoms with Gasteiger partial charge in [0, 0.05) is 32.2 Å². The van der Waals surface area contributed by atoms with E-state index >= 15 is 0 Å². The van der Waals surface area contributed by atoms with Gasteiger partial charge in [-0.15, -0.1) is 11.3 Å². The number of nitrogens with two attached hydrogens (primary N) is 2. The minimum Gasteiger partial charge on any atom is -0.391 e. The lowest BCUT2D eigenvalue weighted by molar-refractivity contribution is -0.144. The number of para-hydroxylation sites is 1. The van der Waals surface area contributed by atoms with Crippen molar-refractivity contribution in [3.63, 3.8) is 0 Å². The molecule has 0 spiro atoms. The van der Waals surface area contributed by atoms with Gasteiger partial charge in [0.15, 0.2) is 0 Å². The van der Waals surface area contributed by atoms with Crippen molar-refractivity contribution in [2.45, 2.75) is 161 Å². The Hall–Kier alpha value is -6.01. The molecule has 0 radical (unpaired) electrons. The van der Waals surface area contributed by atoms with Crippen LogP contribution in [0.3, 0.4) is 0 Å². The first-order valence-electron chi connectivity index (χ1n) is 24.8. The van der Waals surface area contributed by atoms with E-state index in [0.29, 0.717) is 25.7 Å². The van der Waals surface area contributed by atoms with E-state index in [1.807, 2.05) is 114 Å². The zero-order valence-corrected chi connectivity index (χ0v) is 42.6. The van der Waals surface area contributed by atoms with Gasteiger partial charge in [0.25, 0.3) is 0 Å². The van der Waals surface area contributed by atoms with Gasteiger partial charge in [-0.05, 0) is 98.1 Å². The van der Waals surface area contributed by atoms with Crippen LogP contribution in [0.15, 0.2) is 72.2 Å². The number of hydrogen-bond acceptors (Lipinski definition) is 11. The molecular formula is C54H70N8O8S. The number of anilines is 1. The smallest absolute Gasteiger partial charge is 0.246 e. The van der Waals surface area contributed by atoms with Crippen LogP contribution in [-0.4, -0.2) is 99.4 Å². The molecule has 1 saturated heterocycles. The van der Waals surface area contributed by atoms with E-state index in [-0.39, 0.29) is 68.5 Å². The summed E-state index contributed by atoms with van der Waals surface area (Å²) >= 11 is 1.57. The van der Waals surface area contributed by atoms with Crippen LogP contribution in [0.4, 0.5) is 5.69 Å². The predicted molar refractivity (Wildman–Crippen MR) is 273 cm³/mol. The summed E-state index contributed by atoms with van der Waals surface area (Å²) in [6.07, 6.45) is 2.80. The van der Waals surface area contributed by atoms with Crippen molar-refractivity contribution in [2.24, 2.45) is 16.9 Å². The maximum atomic E-state index is 14.2. The van der Waals surface area contributed by atoms with Crippen LogP contribution in [0, 0.1) is 12.3 Å². The summed E-state index contributed by atoms with van der Waals surface area (Å²) in [5.41, 5.74) is 20.5. The monoisotopic (exact) mass is 991 g/mol. The summed E-state index contributed by atoms with van der Waals surface area (Å²) in [4.78, 5) is 88.9. The second-order valence-corrected chi connectivity index (χ2v) is 21.4. The fourth-order valence-electron chi connectivity index (χ4n) is 9.87. The van der Waals surface area contributed by atoms with Gasteiger partial charge in [0.05, 0.1) is 58.7 Å². The first kappa shape index (κ1) is 52.8. The third-order valence-electron chi connectivity index (χ3n) is 14.1.